The van der Waals surface area contributed by atoms with Crippen molar-refractivity contribution in [3.63, 3.8) is 0 Å². The van der Waals surface area contributed by atoms with E-state index < -0.39 is 27.5 Å². The van der Waals surface area contributed by atoms with Crippen molar-refractivity contribution in [1.82, 2.24) is 0 Å². The third kappa shape index (κ3) is 6.43. The van der Waals surface area contributed by atoms with Crippen LogP contribution < -0.4 is 19.5 Å². The van der Waals surface area contributed by atoms with E-state index in [9.17, 15) is 23.3 Å². The van der Waals surface area contributed by atoms with Gasteiger partial charge in [-0.25, -0.2) is 8.42 Å². The molecule has 0 fully saturated rings. The highest BCUT2D eigenvalue weighted by atomic mass is 32.2. The fourth-order valence-electron chi connectivity index (χ4n) is 2.79. The molecule has 3 aromatic carbocycles. The van der Waals surface area contributed by atoms with Crippen molar-refractivity contribution in [2.75, 3.05) is 23.3 Å². The van der Waals surface area contributed by atoms with Crippen molar-refractivity contribution >= 4 is 33.0 Å². The predicted octanol–water partition coefficient (Wildman–Crippen LogP) is 3.81. The number of nitro benzene ring substituents is 1. The minimum atomic E-state index is -3.83. The van der Waals surface area contributed by atoms with Gasteiger partial charge in [-0.15, -0.1) is 0 Å². The fourth-order valence-corrected chi connectivity index (χ4v) is 3.85. The Morgan fingerprint density at radius 2 is 1.58 bits per heavy atom. The number of rotatable bonds is 10. The van der Waals surface area contributed by atoms with E-state index in [1.54, 1.807) is 30.3 Å². The highest BCUT2D eigenvalue weighted by molar-refractivity contribution is 7.92. The van der Waals surface area contributed by atoms with Gasteiger partial charge >= 0.3 is 5.69 Å². The lowest BCUT2D eigenvalue weighted by molar-refractivity contribution is -0.385. The Kier molecular flexibility index (Phi) is 7.46. The van der Waals surface area contributed by atoms with E-state index in [4.69, 9.17) is 9.47 Å². The Morgan fingerprint density at radius 1 is 0.939 bits per heavy atom. The lowest BCUT2D eigenvalue weighted by atomic mass is 10.3. The van der Waals surface area contributed by atoms with E-state index in [1.165, 1.54) is 42.5 Å². The molecule has 3 rings (SSSR count). The van der Waals surface area contributed by atoms with Crippen LogP contribution in [0.2, 0.25) is 0 Å². The van der Waals surface area contributed by atoms with Crippen molar-refractivity contribution < 1.29 is 27.6 Å². The first-order chi connectivity index (χ1) is 15.8. The average molecular weight is 471 g/mol. The molecule has 0 bridgehead atoms. The summed E-state index contributed by atoms with van der Waals surface area (Å²) >= 11 is 0. The van der Waals surface area contributed by atoms with Crippen LogP contribution in [-0.4, -0.2) is 32.5 Å². The molecule has 0 saturated carbocycles. The Labute approximate surface area is 190 Å². The van der Waals surface area contributed by atoms with Crippen molar-refractivity contribution in [3.05, 3.63) is 82.9 Å². The van der Waals surface area contributed by atoms with Crippen molar-refractivity contribution in [2.24, 2.45) is 0 Å². The monoisotopic (exact) mass is 471 g/mol. The SMILES string of the molecule is CCOc1ccc(NS(=O)(=O)c2ccc(NC(=O)COc3ccccc3[N+](=O)[O-])cc2)cc1. The molecule has 11 heteroatoms. The second kappa shape index (κ2) is 10.5. The number of ether oxygens (including phenoxy) is 2. The molecule has 3 aromatic rings. The number of benzene rings is 3. The highest BCUT2D eigenvalue weighted by Gasteiger charge is 2.16. The number of hydrogen-bond acceptors (Lipinski definition) is 7. The molecule has 0 unspecified atom stereocenters. The molecular weight excluding hydrogens is 450 g/mol. The zero-order valence-corrected chi connectivity index (χ0v) is 18.4. The average Bonchev–Trinajstić information content (AvgIpc) is 2.79. The number of carbonyl (C=O) groups is 1. The van der Waals surface area contributed by atoms with Crippen LogP contribution in [0.25, 0.3) is 0 Å². The van der Waals surface area contributed by atoms with Gasteiger partial charge in [0.1, 0.15) is 5.75 Å². The van der Waals surface area contributed by atoms with Gasteiger partial charge in [0.15, 0.2) is 12.4 Å². The molecule has 2 N–H and O–H groups in total. The number of anilines is 2. The summed E-state index contributed by atoms with van der Waals surface area (Å²) in [5, 5.41) is 13.5. The first kappa shape index (κ1) is 23.5. The van der Waals surface area contributed by atoms with Crippen LogP contribution in [0.5, 0.6) is 11.5 Å². The lowest BCUT2D eigenvalue weighted by Crippen LogP contribution is -2.20. The molecule has 0 aliphatic heterocycles. The van der Waals surface area contributed by atoms with E-state index in [0.29, 0.717) is 23.7 Å². The quantitative estimate of drug-likeness (QED) is 0.339. The van der Waals surface area contributed by atoms with E-state index in [2.05, 4.69) is 10.0 Å². The number of nitro groups is 1. The van der Waals surface area contributed by atoms with Gasteiger partial charge in [-0.05, 0) is 61.5 Å². The van der Waals surface area contributed by atoms with Gasteiger partial charge in [-0.1, -0.05) is 12.1 Å². The predicted molar refractivity (Wildman–Crippen MR) is 122 cm³/mol. The molecular formula is C22H21N3O7S. The van der Waals surface area contributed by atoms with Gasteiger partial charge in [0.05, 0.1) is 16.4 Å². The molecule has 0 aromatic heterocycles. The summed E-state index contributed by atoms with van der Waals surface area (Å²) in [5.41, 5.74) is 0.467. The lowest BCUT2D eigenvalue weighted by Gasteiger charge is -2.11. The van der Waals surface area contributed by atoms with Gasteiger partial charge in [0, 0.05) is 17.4 Å². The minimum Gasteiger partial charge on any atom is -0.494 e. The second-order valence-corrected chi connectivity index (χ2v) is 8.33. The van der Waals surface area contributed by atoms with Gasteiger partial charge in [0.2, 0.25) is 0 Å². The standard InChI is InChI=1S/C22H21N3O7S/c1-2-31-18-11-7-17(8-12-18)24-33(29,30)19-13-9-16(10-14-19)23-22(26)15-32-21-6-4-3-5-20(21)25(27)28/h3-14,24H,2,15H2,1H3,(H,23,26). The molecule has 1 amide bonds. The van der Waals surface area contributed by atoms with Gasteiger partial charge < -0.3 is 14.8 Å². The Morgan fingerprint density at radius 3 is 2.21 bits per heavy atom. The Hall–Kier alpha value is -4.12. The molecule has 0 aliphatic carbocycles. The molecule has 0 atom stereocenters. The summed E-state index contributed by atoms with van der Waals surface area (Å²) in [5.74, 6) is 0.0436. The van der Waals surface area contributed by atoms with E-state index in [-0.39, 0.29) is 16.3 Å². The number of hydrogen-bond donors (Lipinski definition) is 2. The van der Waals surface area contributed by atoms with Crippen LogP contribution in [0, 0.1) is 10.1 Å². The number of nitrogens with one attached hydrogen (secondary N) is 2. The highest BCUT2D eigenvalue weighted by Crippen LogP contribution is 2.26. The van der Waals surface area contributed by atoms with Crippen LogP contribution in [0.4, 0.5) is 17.1 Å². The minimum absolute atomic E-state index is 0.00513. The van der Waals surface area contributed by atoms with Gasteiger partial charge in [0.25, 0.3) is 15.9 Å². The number of nitrogens with zero attached hydrogens (tertiary/aromatic N) is 1. The third-order valence-corrected chi connectivity index (χ3v) is 5.68. The Bertz CT molecular complexity index is 1230. The molecule has 0 heterocycles. The molecule has 10 nitrogen and oxygen atoms in total. The molecule has 0 aliphatic rings. The molecule has 172 valence electrons. The number of carbonyl (C=O) groups excluding carboxylic acids is 1. The van der Waals surface area contributed by atoms with Crippen LogP contribution in [0.3, 0.4) is 0 Å². The summed E-state index contributed by atoms with van der Waals surface area (Å²) in [6.45, 7) is 1.90. The number of para-hydroxylation sites is 2. The molecule has 33 heavy (non-hydrogen) atoms. The normalized spacial score (nSPS) is 10.8. The van der Waals surface area contributed by atoms with Gasteiger partial charge in [-0.3, -0.25) is 19.6 Å². The summed E-state index contributed by atoms with van der Waals surface area (Å²) in [7, 11) is -3.83. The maximum absolute atomic E-state index is 12.6. The van der Waals surface area contributed by atoms with Crippen LogP contribution in [0.15, 0.2) is 77.7 Å². The second-order valence-electron chi connectivity index (χ2n) is 6.65. The van der Waals surface area contributed by atoms with E-state index >= 15 is 0 Å². The van der Waals surface area contributed by atoms with Crippen LogP contribution in [-0.2, 0) is 14.8 Å². The van der Waals surface area contributed by atoms with Crippen molar-refractivity contribution in [2.45, 2.75) is 11.8 Å². The maximum atomic E-state index is 12.6. The first-order valence-corrected chi connectivity index (χ1v) is 11.3. The largest absolute Gasteiger partial charge is 0.494 e. The zero-order valence-electron chi connectivity index (χ0n) is 17.6. The third-order valence-electron chi connectivity index (χ3n) is 4.29. The van der Waals surface area contributed by atoms with Crippen molar-refractivity contribution in [1.29, 1.82) is 0 Å². The number of sulfonamides is 1. The van der Waals surface area contributed by atoms with E-state index in [1.807, 2.05) is 6.92 Å². The van der Waals surface area contributed by atoms with Gasteiger partial charge in [-0.2, -0.15) is 0 Å². The van der Waals surface area contributed by atoms with Crippen molar-refractivity contribution in [3.8, 4) is 11.5 Å². The van der Waals surface area contributed by atoms with Crippen LogP contribution >= 0.6 is 0 Å². The number of amides is 1. The maximum Gasteiger partial charge on any atom is 0.310 e. The smallest absolute Gasteiger partial charge is 0.310 e. The van der Waals surface area contributed by atoms with Crippen LogP contribution in [0.1, 0.15) is 6.92 Å². The molecule has 0 radical (unpaired) electrons. The summed E-state index contributed by atoms with van der Waals surface area (Å²) < 4.78 is 38.2. The zero-order chi connectivity index (χ0) is 23.8. The summed E-state index contributed by atoms with van der Waals surface area (Å²) in [4.78, 5) is 22.5. The summed E-state index contributed by atoms with van der Waals surface area (Å²) in [6.07, 6.45) is 0. The fraction of sp³-hybridized carbons (Fsp3) is 0.136. The molecule has 0 saturated heterocycles. The molecule has 0 spiro atoms. The van der Waals surface area contributed by atoms with E-state index in [0.717, 1.165) is 0 Å². The summed E-state index contributed by atoms with van der Waals surface area (Å²) in [6, 6.07) is 17.7. The Balaban J connectivity index is 1.59. The first-order valence-electron chi connectivity index (χ1n) is 9.80. The topological polar surface area (TPSA) is 137 Å².